The van der Waals surface area contributed by atoms with Crippen molar-refractivity contribution in [2.75, 3.05) is 5.32 Å². The quantitative estimate of drug-likeness (QED) is 0.346. The Balaban J connectivity index is 2.21. The maximum Gasteiger partial charge on any atom is 0.170 e. The maximum atomic E-state index is 8.82. The third kappa shape index (κ3) is 2.91. The van der Waals surface area contributed by atoms with Crippen LogP contribution in [0.2, 0.25) is 0 Å². The molecular formula is C16H19N3O. The highest BCUT2D eigenvalue weighted by molar-refractivity contribution is 5.98. The van der Waals surface area contributed by atoms with Crippen molar-refractivity contribution >= 4 is 11.5 Å². The Labute approximate surface area is 118 Å². The van der Waals surface area contributed by atoms with E-state index in [1.807, 2.05) is 30.3 Å². The molecule has 0 atom stereocenters. The van der Waals surface area contributed by atoms with Crippen LogP contribution in [0.5, 0.6) is 0 Å². The third-order valence-electron chi connectivity index (χ3n) is 3.47. The van der Waals surface area contributed by atoms with Crippen molar-refractivity contribution < 1.29 is 5.21 Å². The number of benzene rings is 2. The monoisotopic (exact) mass is 269 g/mol. The second-order valence-electron chi connectivity index (χ2n) is 4.74. The number of hydrogen-bond acceptors (Lipinski definition) is 3. The summed E-state index contributed by atoms with van der Waals surface area (Å²) in [5.41, 5.74) is 11.0. The van der Waals surface area contributed by atoms with E-state index in [1.54, 1.807) is 0 Å². The van der Waals surface area contributed by atoms with Crippen molar-refractivity contribution in [1.29, 1.82) is 0 Å². The van der Waals surface area contributed by atoms with Gasteiger partial charge in [-0.15, -0.1) is 0 Å². The van der Waals surface area contributed by atoms with E-state index in [0.717, 1.165) is 16.8 Å². The van der Waals surface area contributed by atoms with Gasteiger partial charge in [-0.05, 0) is 36.6 Å². The Morgan fingerprint density at radius 2 is 1.90 bits per heavy atom. The first-order valence-corrected chi connectivity index (χ1v) is 6.49. The molecule has 0 aliphatic carbocycles. The number of oxime groups is 1. The average molecular weight is 269 g/mol. The van der Waals surface area contributed by atoms with Gasteiger partial charge in [0.05, 0.1) is 0 Å². The van der Waals surface area contributed by atoms with Crippen LogP contribution in [-0.2, 0) is 6.54 Å². The smallest absolute Gasteiger partial charge is 0.170 e. The fourth-order valence-corrected chi connectivity index (χ4v) is 2.11. The van der Waals surface area contributed by atoms with Gasteiger partial charge in [0.25, 0.3) is 0 Å². The Hall–Kier alpha value is -2.49. The van der Waals surface area contributed by atoms with Crippen LogP contribution in [0.1, 0.15) is 22.3 Å². The number of aryl methyl sites for hydroxylation is 1. The Morgan fingerprint density at radius 3 is 2.65 bits per heavy atom. The molecule has 0 aromatic heterocycles. The van der Waals surface area contributed by atoms with Crippen molar-refractivity contribution in [3.63, 3.8) is 0 Å². The topological polar surface area (TPSA) is 70.6 Å². The predicted octanol–water partition coefficient (Wildman–Crippen LogP) is 3.01. The van der Waals surface area contributed by atoms with Gasteiger partial charge in [0.2, 0.25) is 0 Å². The fraction of sp³-hybridized carbons (Fsp3) is 0.188. The summed E-state index contributed by atoms with van der Waals surface area (Å²) in [6, 6.07) is 13.8. The summed E-state index contributed by atoms with van der Waals surface area (Å²) in [5.74, 6) is 0.128. The molecule has 0 aliphatic rings. The molecule has 0 amide bonds. The normalized spacial score (nSPS) is 11.4. The van der Waals surface area contributed by atoms with Gasteiger partial charge in [-0.1, -0.05) is 41.6 Å². The molecule has 4 nitrogen and oxygen atoms in total. The van der Waals surface area contributed by atoms with E-state index in [1.165, 1.54) is 11.1 Å². The largest absolute Gasteiger partial charge is 0.409 e. The number of hydrogen-bond donors (Lipinski definition) is 3. The number of anilines is 1. The van der Waals surface area contributed by atoms with Gasteiger partial charge in [-0.25, -0.2) is 0 Å². The first-order chi connectivity index (χ1) is 9.63. The lowest BCUT2D eigenvalue weighted by atomic mass is 10.1. The van der Waals surface area contributed by atoms with Gasteiger partial charge < -0.3 is 16.3 Å². The molecule has 0 saturated carbocycles. The number of nitrogens with two attached hydrogens (primary N) is 1. The average Bonchev–Trinajstić information content (AvgIpc) is 2.48. The SMILES string of the molecule is Cc1cccc(NCc2ccccc2C(N)=NO)c1C. The lowest BCUT2D eigenvalue weighted by Gasteiger charge is -2.13. The van der Waals surface area contributed by atoms with E-state index in [4.69, 9.17) is 10.9 Å². The van der Waals surface area contributed by atoms with Gasteiger partial charge in [-0.2, -0.15) is 0 Å². The Kier molecular flexibility index (Phi) is 4.25. The first-order valence-electron chi connectivity index (χ1n) is 6.49. The lowest BCUT2D eigenvalue weighted by Crippen LogP contribution is -2.16. The summed E-state index contributed by atoms with van der Waals surface area (Å²) < 4.78 is 0. The van der Waals surface area contributed by atoms with E-state index in [0.29, 0.717) is 6.54 Å². The number of rotatable bonds is 4. The molecule has 4 heteroatoms. The van der Waals surface area contributed by atoms with Gasteiger partial charge in [0.15, 0.2) is 5.84 Å². The van der Waals surface area contributed by atoms with Gasteiger partial charge >= 0.3 is 0 Å². The molecule has 2 rings (SSSR count). The van der Waals surface area contributed by atoms with Crippen LogP contribution >= 0.6 is 0 Å². The lowest BCUT2D eigenvalue weighted by molar-refractivity contribution is 0.318. The molecule has 2 aromatic carbocycles. The van der Waals surface area contributed by atoms with Crippen molar-refractivity contribution in [3.8, 4) is 0 Å². The molecule has 0 spiro atoms. The van der Waals surface area contributed by atoms with Crippen molar-refractivity contribution in [2.24, 2.45) is 10.9 Å². The summed E-state index contributed by atoms with van der Waals surface area (Å²) in [6.45, 7) is 4.80. The molecular weight excluding hydrogens is 250 g/mol. The van der Waals surface area contributed by atoms with E-state index in [-0.39, 0.29) is 5.84 Å². The molecule has 2 aromatic rings. The molecule has 0 radical (unpaired) electrons. The molecule has 20 heavy (non-hydrogen) atoms. The summed E-state index contributed by atoms with van der Waals surface area (Å²) in [4.78, 5) is 0. The van der Waals surface area contributed by atoms with Crippen molar-refractivity contribution in [3.05, 3.63) is 64.7 Å². The summed E-state index contributed by atoms with van der Waals surface area (Å²) >= 11 is 0. The molecule has 0 saturated heterocycles. The van der Waals surface area contributed by atoms with Gasteiger partial charge in [0.1, 0.15) is 0 Å². The van der Waals surface area contributed by atoms with Gasteiger partial charge in [-0.3, -0.25) is 0 Å². The second kappa shape index (κ2) is 6.10. The molecule has 104 valence electrons. The van der Waals surface area contributed by atoms with Gasteiger partial charge in [0, 0.05) is 17.8 Å². The molecule has 0 fully saturated rings. The highest BCUT2D eigenvalue weighted by Crippen LogP contribution is 2.19. The highest BCUT2D eigenvalue weighted by atomic mass is 16.4. The van der Waals surface area contributed by atoms with Crippen LogP contribution in [0.4, 0.5) is 5.69 Å². The Morgan fingerprint density at radius 1 is 1.15 bits per heavy atom. The van der Waals surface area contributed by atoms with Crippen LogP contribution < -0.4 is 11.1 Å². The highest BCUT2D eigenvalue weighted by Gasteiger charge is 2.07. The van der Waals surface area contributed by atoms with Crippen LogP contribution in [0.15, 0.2) is 47.6 Å². The summed E-state index contributed by atoms with van der Waals surface area (Å²) in [5, 5.41) is 15.3. The predicted molar refractivity (Wildman–Crippen MR) is 82.2 cm³/mol. The number of amidine groups is 1. The zero-order valence-corrected chi connectivity index (χ0v) is 11.7. The maximum absolute atomic E-state index is 8.82. The Bertz CT molecular complexity index is 635. The zero-order valence-electron chi connectivity index (χ0n) is 11.7. The second-order valence-corrected chi connectivity index (χ2v) is 4.74. The van der Waals surface area contributed by atoms with Crippen molar-refractivity contribution in [1.82, 2.24) is 0 Å². The number of nitrogens with one attached hydrogen (secondary N) is 1. The van der Waals surface area contributed by atoms with Crippen LogP contribution in [0, 0.1) is 13.8 Å². The minimum atomic E-state index is 0.128. The first kappa shape index (κ1) is 13.9. The van der Waals surface area contributed by atoms with E-state index >= 15 is 0 Å². The molecule has 0 unspecified atom stereocenters. The van der Waals surface area contributed by atoms with E-state index in [9.17, 15) is 0 Å². The minimum Gasteiger partial charge on any atom is -0.409 e. The molecule has 0 heterocycles. The molecule has 4 N–H and O–H groups in total. The summed E-state index contributed by atoms with van der Waals surface area (Å²) in [7, 11) is 0. The van der Waals surface area contributed by atoms with Crippen LogP contribution in [0.3, 0.4) is 0 Å². The molecule has 0 bridgehead atoms. The van der Waals surface area contributed by atoms with Crippen molar-refractivity contribution in [2.45, 2.75) is 20.4 Å². The van der Waals surface area contributed by atoms with E-state index < -0.39 is 0 Å². The van der Waals surface area contributed by atoms with Crippen LogP contribution in [-0.4, -0.2) is 11.0 Å². The van der Waals surface area contributed by atoms with E-state index in [2.05, 4.69) is 36.5 Å². The van der Waals surface area contributed by atoms with Crippen LogP contribution in [0.25, 0.3) is 0 Å². The minimum absolute atomic E-state index is 0.128. The fourth-order valence-electron chi connectivity index (χ4n) is 2.11. The third-order valence-corrected chi connectivity index (χ3v) is 3.47. The standard InChI is InChI=1S/C16H19N3O/c1-11-6-5-9-15(12(11)2)18-10-13-7-3-4-8-14(13)16(17)19-20/h3-9,18,20H,10H2,1-2H3,(H2,17,19). The summed E-state index contributed by atoms with van der Waals surface area (Å²) in [6.07, 6.45) is 0. The molecule has 0 aliphatic heterocycles. The zero-order chi connectivity index (χ0) is 14.5. The number of nitrogens with zero attached hydrogens (tertiary/aromatic N) is 1.